The van der Waals surface area contributed by atoms with Gasteiger partial charge in [-0.1, -0.05) is 17.7 Å². The largest absolute Gasteiger partial charge is 0.506 e. The lowest BCUT2D eigenvalue weighted by molar-refractivity contribution is 0.102. The topological polar surface area (TPSA) is 77.5 Å². The number of nitrogens with one attached hydrogen (secondary N) is 2. The van der Waals surface area contributed by atoms with Gasteiger partial charge in [0.15, 0.2) is 0 Å². The van der Waals surface area contributed by atoms with Crippen molar-refractivity contribution in [2.75, 3.05) is 30.3 Å². The van der Waals surface area contributed by atoms with Crippen LogP contribution in [0.2, 0.25) is 5.02 Å². The minimum Gasteiger partial charge on any atom is -0.506 e. The smallest absolute Gasteiger partial charge is 0.259 e. The summed E-state index contributed by atoms with van der Waals surface area (Å²) in [5.41, 5.74) is 0.844. The molecule has 1 aliphatic rings. The van der Waals surface area contributed by atoms with Gasteiger partial charge in [0.2, 0.25) is 0 Å². The highest BCUT2D eigenvalue weighted by Crippen LogP contribution is 2.29. The molecular weight excluding hydrogens is 411 g/mol. The molecule has 2 heterocycles. The fourth-order valence-corrected chi connectivity index (χ4v) is 3.58. The highest BCUT2D eigenvalue weighted by Gasteiger charge is 2.22. The summed E-state index contributed by atoms with van der Waals surface area (Å²) in [5, 5.41) is 16.8. The molecule has 1 fully saturated rings. The van der Waals surface area contributed by atoms with Crippen LogP contribution in [0.25, 0.3) is 0 Å². The second-order valence-corrected chi connectivity index (χ2v) is 7.91. The number of carbonyl (C=O) groups is 1. The van der Waals surface area contributed by atoms with E-state index in [9.17, 15) is 9.90 Å². The third kappa shape index (κ3) is 6.23. The molecular formula is C21H28Cl2N4O2. The van der Waals surface area contributed by atoms with Gasteiger partial charge in [-0.05, 0) is 70.0 Å². The number of benzene rings is 1. The highest BCUT2D eigenvalue weighted by molar-refractivity contribution is 6.30. The lowest BCUT2D eigenvalue weighted by Crippen LogP contribution is -2.39. The Morgan fingerprint density at radius 2 is 2.00 bits per heavy atom. The quantitative estimate of drug-likeness (QED) is 0.572. The van der Waals surface area contributed by atoms with Crippen LogP contribution < -0.4 is 10.6 Å². The lowest BCUT2D eigenvalue weighted by atomic mass is 9.95. The molecule has 0 spiro atoms. The fourth-order valence-electron chi connectivity index (χ4n) is 3.47. The number of anilines is 2. The monoisotopic (exact) mass is 438 g/mol. The van der Waals surface area contributed by atoms with Crippen LogP contribution in [-0.2, 0) is 0 Å². The van der Waals surface area contributed by atoms with Crippen LogP contribution in [0.3, 0.4) is 0 Å². The maximum atomic E-state index is 12.7. The number of nitrogens with zero attached hydrogens (tertiary/aromatic N) is 2. The van der Waals surface area contributed by atoms with Crippen molar-refractivity contribution in [2.45, 2.75) is 32.7 Å². The molecule has 1 aromatic heterocycles. The predicted molar refractivity (Wildman–Crippen MR) is 120 cm³/mol. The molecule has 3 N–H and O–H groups in total. The van der Waals surface area contributed by atoms with Crippen molar-refractivity contribution in [1.82, 2.24) is 9.88 Å². The van der Waals surface area contributed by atoms with Crippen LogP contribution in [0.15, 0.2) is 36.5 Å². The number of piperidine rings is 1. The number of likely N-dealkylation sites (tertiary alicyclic amines) is 1. The summed E-state index contributed by atoms with van der Waals surface area (Å²) in [5.74, 6) is 0.660. The van der Waals surface area contributed by atoms with Gasteiger partial charge >= 0.3 is 0 Å². The molecule has 1 amide bonds. The Kier molecular flexibility index (Phi) is 8.56. The van der Waals surface area contributed by atoms with Gasteiger partial charge in [0.25, 0.3) is 5.91 Å². The number of phenolic OH excluding ortho intramolecular Hbond substituents is 1. The van der Waals surface area contributed by atoms with Crippen LogP contribution >= 0.6 is 24.0 Å². The molecule has 0 bridgehead atoms. The van der Waals surface area contributed by atoms with Gasteiger partial charge in [0.05, 0.1) is 16.3 Å². The molecule has 29 heavy (non-hydrogen) atoms. The van der Waals surface area contributed by atoms with Crippen molar-refractivity contribution in [3.8, 4) is 5.75 Å². The van der Waals surface area contributed by atoms with E-state index in [-0.39, 0.29) is 24.1 Å². The van der Waals surface area contributed by atoms with Crippen LogP contribution in [0.1, 0.15) is 37.0 Å². The van der Waals surface area contributed by atoms with Gasteiger partial charge in [-0.3, -0.25) is 4.79 Å². The molecule has 0 aliphatic carbocycles. The first-order valence-corrected chi connectivity index (χ1v) is 10.0. The van der Waals surface area contributed by atoms with E-state index in [0.717, 1.165) is 32.5 Å². The second kappa shape index (κ2) is 10.7. The van der Waals surface area contributed by atoms with Crippen molar-refractivity contribution >= 4 is 41.4 Å². The van der Waals surface area contributed by atoms with E-state index >= 15 is 0 Å². The van der Waals surface area contributed by atoms with Gasteiger partial charge < -0.3 is 20.6 Å². The second-order valence-electron chi connectivity index (χ2n) is 7.47. The number of hydrogen-bond donors (Lipinski definition) is 3. The Hall–Kier alpha value is -2.02. The minimum absolute atomic E-state index is 0. The summed E-state index contributed by atoms with van der Waals surface area (Å²) in [6.45, 7) is 7.34. The van der Waals surface area contributed by atoms with E-state index in [1.54, 1.807) is 30.3 Å². The first-order chi connectivity index (χ1) is 13.4. The number of pyridine rings is 1. The number of rotatable bonds is 6. The summed E-state index contributed by atoms with van der Waals surface area (Å²) in [4.78, 5) is 19.3. The Balaban J connectivity index is 0.00000300. The molecule has 0 unspecified atom stereocenters. The van der Waals surface area contributed by atoms with E-state index < -0.39 is 0 Å². The van der Waals surface area contributed by atoms with Crippen molar-refractivity contribution in [2.24, 2.45) is 5.92 Å². The number of carbonyl (C=O) groups excluding carboxylic acids is 1. The molecule has 3 rings (SSSR count). The molecule has 6 nitrogen and oxygen atoms in total. The lowest BCUT2D eigenvalue weighted by Gasteiger charge is -2.34. The Bertz CT molecular complexity index is 807. The van der Waals surface area contributed by atoms with Crippen LogP contribution in [0, 0.1) is 5.92 Å². The number of para-hydroxylation sites is 1. The summed E-state index contributed by atoms with van der Waals surface area (Å²) < 4.78 is 0. The number of amides is 1. The van der Waals surface area contributed by atoms with Gasteiger partial charge in [0.1, 0.15) is 11.6 Å². The zero-order valence-electron chi connectivity index (χ0n) is 16.7. The Labute approximate surface area is 183 Å². The molecule has 1 aliphatic heterocycles. The fraction of sp³-hybridized carbons (Fsp3) is 0.429. The Morgan fingerprint density at radius 3 is 2.62 bits per heavy atom. The maximum Gasteiger partial charge on any atom is 0.259 e. The van der Waals surface area contributed by atoms with Crippen molar-refractivity contribution in [3.63, 3.8) is 0 Å². The van der Waals surface area contributed by atoms with Gasteiger partial charge in [-0.2, -0.15) is 0 Å². The molecule has 8 heteroatoms. The van der Waals surface area contributed by atoms with Gasteiger partial charge in [-0.15, -0.1) is 12.4 Å². The van der Waals surface area contributed by atoms with E-state index in [4.69, 9.17) is 11.6 Å². The van der Waals surface area contributed by atoms with Crippen molar-refractivity contribution in [1.29, 1.82) is 0 Å². The van der Waals surface area contributed by atoms with Crippen LogP contribution in [0.4, 0.5) is 11.5 Å². The molecule has 0 saturated carbocycles. The average Bonchev–Trinajstić information content (AvgIpc) is 2.69. The zero-order chi connectivity index (χ0) is 20.1. The average molecular weight is 439 g/mol. The van der Waals surface area contributed by atoms with Crippen LogP contribution in [-0.4, -0.2) is 46.6 Å². The van der Waals surface area contributed by atoms with Crippen molar-refractivity contribution in [3.05, 3.63) is 47.1 Å². The number of aromatic nitrogens is 1. The summed E-state index contributed by atoms with van der Waals surface area (Å²) >= 11 is 5.83. The van der Waals surface area contributed by atoms with E-state index in [0.29, 0.717) is 34.1 Å². The van der Waals surface area contributed by atoms with Gasteiger partial charge in [0, 0.05) is 18.8 Å². The van der Waals surface area contributed by atoms with E-state index in [1.807, 2.05) is 0 Å². The summed E-state index contributed by atoms with van der Waals surface area (Å²) in [6, 6.07) is 8.80. The molecule has 1 aromatic carbocycles. The number of halogens is 2. The predicted octanol–water partition coefficient (Wildman–Crippen LogP) is 4.65. The van der Waals surface area contributed by atoms with Gasteiger partial charge in [-0.25, -0.2) is 4.98 Å². The molecule has 0 radical (unpaired) electrons. The molecule has 1 saturated heterocycles. The highest BCUT2D eigenvalue weighted by atomic mass is 35.5. The first kappa shape index (κ1) is 23.3. The van der Waals surface area contributed by atoms with Crippen LogP contribution in [0.5, 0.6) is 5.75 Å². The summed E-state index contributed by atoms with van der Waals surface area (Å²) in [7, 11) is 0. The molecule has 2 aromatic rings. The number of phenols is 1. The summed E-state index contributed by atoms with van der Waals surface area (Å²) in [6.07, 6.45) is 3.69. The third-order valence-corrected chi connectivity index (χ3v) is 5.43. The standard InChI is InChI=1S/C21H27ClN4O2.ClH/c1-14(2)26-10-8-15(9-11-26)12-24-20-17(4-3-5-18(20)27)21(28)25-19-7-6-16(22)13-23-19;/h3-7,13-15,24,27H,8-12H2,1-2H3,(H,23,25,28);1H. The van der Waals surface area contributed by atoms with Crippen molar-refractivity contribution < 1.29 is 9.90 Å². The third-order valence-electron chi connectivity index (χ3n) is 5.20. The Morgan fingerprint density at radius 1 is 1.28 bits per heavy atom. The maximum absolute atomic E-state index is 12.7. The number of aromatic hydroxyl groups is 1. The minimum atomic E-state index is -0.331. The molecule has 0 atom stereocenters. The normalized spacial score (nSPS) is 15.0. The van der Waals surface area contributed by atoms with E-state index in [2.05, 4.69) is 34.4 Å². The van der Waals surface area contributed by atoms with E-state index in [1.165, 1.54) is 6.20 Å². The zero-order valence-corrected chi connectivity index (χ0v) is 18.3. The first-order valence-electron chi connectivity index (χ1n) is 9.67. The molecule has 158 valence electrons. The SMILES string of the molecule is CC(C)N1CCC(CNc2c(O)cccc2C(=O)Nc2ccc(Cl)cn2)CC1.Cl. The number of hydrogen-bond acceptors (Lipinski definition) is 5.